The van der Waals surface area contributed by atoms with Crippen LogP contribution in [-0.2, 0) is 14.4 Å². The first-order chi connectivity index (χ1) is 39.8. The van der Waals surface area contributed by atoms with Gasteiger partial charge < -0.3 is 38.9 Å². The lowest BCUT2D eigenvalue weighted by molar-refractivity contribution is -0.140. The van der Waals surface area contributed by atoms with Crippen molar-refractivity contribution in [1.29, 1.82) is 5.26 Å². The highest BCUT2D eigenvalue weighted by Crippen LogP contribution is 2.43. The van der Waals surface area contributed by atoms with E-state index in [9.17, 15) is 34.2 Å². The second-order valence-corrected chi connectivity index (χ2v) is 23.4. The van der Waals surface area contributed by atoms with Gasteiger partial charge in [0.15, 0.2) is 23.2 Å². The van der Waals surface area contributed by atoms with Crippen molar-refractivity contribution in [1.82, 2.24) is 34.8 Å². The number of halogens is 4. The maximum Gasteiger partial charge on any atom is 0.319 e. The Hall–Kier alpha value is -7.64. The van der Waals surface area contributed by atoms with Gasteiger partial charge in [0, 0.05) is 75.7 Å². The Kier molecular flexibility index (Phi) is 17.4. The van der Waals surface area contributed by atoms with E-state index in [1.54, 1.807) is 46.6 Å². The predicted molar refractivity (Wildman–Crippen MR) is 308 cm³/mol. The number of aryl methyl sites for hydroxylation is 1. The van der Waals surface area contributed by atoms with Crippen LogP contribution >= 0.6 is 22.9 Å². The van der Waals surface area contributed by atoms with Crippen molar-refractivity contribution in [3.63, 3.8) is 0 Å². The lowest BCUT2D eigenvalue weighted by Gasteiger charge is -2.41. The Morgan fingerprint density at radius 3 is 2.46 bits per heavy atom. The van der Waals surface area contributed by atoms with E-state index in [4.69, 9.17) is 30.6 Å². The third-order valence-electron chi connectivity index (χ3n) is 16.1. The van der Waals surface area contributed by atoms with Crippen LogP contribution in [0.25, 0.3) is 43.2 Å². The number of anilines is 1. The number of thiazole rings is 1. The molecule has 10 rings (SSSR count). The van der Waals surface area contributed by atoms with Gasteiger partial charge in [0.1, 0.15) is 41.9 Å². The number of aromatic nitrogens is 4. The van der Waals surface area contributed by atoms with E-state index in [0.717, 1.165) is 21.7 Å². The normalized spacial score (nSPS) is 19.0. The van der Waals surface area contributed by atoms with Crippen LogP contribution in [0.3, 0.4) is 0 Å². The van der Waals surface area contributed by atoms with Crippen molar-refractivity contribution >= 4 is 68.0 Å². The Morgan fingerprint density at radius 1 is 0.988 bits per heavy atom. The first kappa shape index (κ1) is 58.6. The summed E-state index contributed by atoms with van der Waals surface area (Å²) in [5.74, 6) is -4.45. The van der Waals surface area contributed by atoms with Gasteiger partial charge in [-0.25, -0.2) is 18.2 Å². The SMILES string of the molecule is C=C(F)C(=O)N1CCN(c2nc(OCCN3CCC(F)(COc4cc([C@H](C(=O)N5C[C@H](O)C[C@H]5C(=O)C[C@@H](C)c5ccc(-c6scnc6C)cc5)C(C)C)on4)CC3)nc3c(F)c(-c4cc(O)cc5ccccc45)c(Cl)cc23)C[C@@H]1CC#N. The number of benzene rings is 4. The number of piperazine rings is 1. The zero-order valence-corrected chi connectivity index (χ0v) is 47.9. The Bertz CT molecular complexity index is 3620. The molecule has 0 bridgehead atoms. The topological polar surface area (TPSA) is 212 Å². The fraction of sp³-hybridized carbons (Fsp3) is 0.410. The molecule has 2 N–H and O–H groups in total. The molecule has 0 saturated carbocycles. The standard InChI is InChI=1S/C61H63ClF3N9O8S/c1-34(2)52(59(79)74-31-43(76)27-48(74)49(77)24-35(3)38-10-12-39(13-11-38)56-37(5)67-33-83-56)50-29-51(70-82-50)81-32-61(65)15-18-71(19-16-61)22-23-80-60-68-55-46(57(69-60)72-20-21-73(58(78)36(4)63)41(30-72)14-17-66)28-47(62)53(54(55)64)45-26-42(75)25-40-8-6-7-9-44(40)45/h6-13,25-26,28-29,33-35,41,43,48,52,75-76H,4,14-16,18-24,27,30-32H2,1-3,5H3/t35-,41+,43-,48+,52-/m1/s1. The zero-order chi connectivity index (χ0) is 58.9. The maximum absolute atomic E-state index is 17.3. The number of nitrogens with zero attached hydrogens (tertiary/aromatic N) is 9. The van der Waals surface area contributed by atoms with Crippen molar-refractivity contribution in [2.75, 3.05) is 63.9 Å². The quantitative estimate of drug-likeness (QED) is 0.0721. The molecule has 0 spiro atoms. The van der Waals surface area contributed by atoms with Gasteiger partial charge in [0.25, 0.3) is 11.8 Å². The minimum atomic E-state index is -1.74. The molecule has 7 aromatic rings. The van der Waals surface area contributed by atoms with Crippen LogP contribution < -0.4 is 14.4 Å². The average Bonchev–Trinajstić information content (AvgIpc) is 3.68. The molecule has 3 aliphatic heterocycles. The number of nitriles is 1. The van der Waals surface area contributed by atoms with Crippen LogP contribution in [0.2, 0.25) is 5.02 Å². The molecule has 0 unspecified atom stereocenters. The first-order valence-corrected chi connectivity index (χ1v) is 28.9. The number of rotatable bonds is 19. The van der Waals surface area contributed by atoms with Gasteiger partial charge in [-0.3, -0.25) is 19.3 Å². The third-order valence-corrected chi connectivity index (χ3v) is 17.4. The Labute approximate surface area is 486 Å². The summed E-state index contributed by atoms with van der Waals surface area (Å²) in [7, 11) is 0. The second-order valence-electron chi connectivity index (χ2n) is 22.1. The van der Waals surface area contributed by atoms with E-state index >= 15 is 8.78 Å². The number of amides is 2. The van der Waals surface area contributed by atoms with E-state index in [2.05, 4.69) is 27.8 Å². The Balaban J connectivity index is 0.778. The number of ketones is 1. The number of likely N-dealkylation sites (tertiary alicyclic amines) is 2. The van der Waals surface area contributed by atoms with Crippen LogP contribution in [-0.4, -0.2) is 146 Å². The van der Waals surface area contributed by atoms with Crippen molar-refractivity contribution < 1.29 is 51.8 Å². The Morgan fingerprint density at radius 2 is 1.75 bits per heavy atom. The first-order valence-electron chi connectivity index (χ1n) is 27.6. The van der Waals surface area contributed by atoms with Gasteiger partial charge in [-0.2, -0.15) is 15.2 Å². The number of piperidine rings is 1. The van der Waals surface area contributed by atoms with Gasteiger partial charge in [-0.15, -0.1) is 11.3 Å². The number of β-amino-alcohol motifs (C(OH)–C–C–N with tert-alkyl or cyclic N) is 1. The molecule has 0 aliphatic carbocycles. The molecule has 6 heterocycles. The summed E-state index contributed by atoms with van der Waals surface area (Å²) in [5.41, 5.74) is 3.21. The molecule has 4 aromatic carbocycles. The summed E-state index contributed by atoms with van der Waals surface area (Å²) in [4.78, 5) is 62.2. The molecule has 3 fully saturated rings. The number of carbonyl (C=O) groups is 3. The monoisotopic (exact) mass is 1170 g/mol. The molecule has 5 atom stereocenters. The summed E-state index contributed by atoms with van der Waals surface area (Å²) in [6.45, 7) is 11.5. The number of fused-ring (bicyclic) bond motifs is 2. The molecule has 17 nitrogen and oxygen atoms in total. The van der Waals surface area contributed by atoms with Crippen molar-refractivity contribution in [3.8, 4) is 45.3 Å². The molecular weight excluding hydrogens is 1110 g/mol. The van der Waals surface area contributed by atoms with Gasteiger partial charge in [0.2, 0.25) is 5.91 Å². The summed E-state index contributed by atoms with van der Waals surface area (Å²) < 4.78 is 65.6. The van der Waals surface area contributed by atoms with E-state index in [0.29, 0.717) is 36.0 Å². The predicted octanol–water partition coefficient (Wildman–Crippen LogP) is 10.5. The largest absolute Gasteiger partial charge is 0.508 e. The van der Waals surface area contributed by atoms with E-state index in [1.165, 1.54) is 28.0 Å². The van der Waals surface area contributed by atoms with Crippen LogP contribution in [0.1, 0.15) is 81.7 Å². The number of aromatic hydroxyl groups is 1. The number of carbonyl (C=O) groups excluding carboxylic acids is 3. The summed E-state index contributed by atoms with van der Waals surface area (Å²) in [6, 6.07) is 21.5. The molecule has 83 heavy (non-hydrogen) atoms. The molecular formula is C61H63ClF3N9O8S. The number of Topliss-reactive ketones (excluding diaryl/α,β-unsaturated/α-hetero) is 1. The number of phenols is 1. The molecule has 22 heteroatoms. The number of ether oxygens (including phenoxy) is 2. The van der Waals surface area contributed by atoms with Gasteiger partial charge >= 0.3 is 6.01 Å². The highest BCUT2D eigenvalue weighted by molar-refractivity contribution is 7.13. The second kappa shape index (κ2) is 24.7. The van der Waals surface area contributed by atoms with Crippen LogP contribution in [0.5, 0.6) is 17.6 Å². The van der Waals surface area contributed by atoms with Crippen molar-refractivity contribution in [3.05, 3.63) is 119 Å². The maximum atomic E-state index is 17.3. The van der Waals surface area contributed by atoms with E-state index < -0.39 is 47.3 Å². The number of hydrogen-bond donors (Lipinski definition) is 2. The van der Waals surface area contributed by atoms with Gasteiger partial charge in [-0.05, 0) is 82.4 Å². The fourth-order valence-electron chi connectivity index (χ4n) is 11.6. The summed E-state index contributed by atoms with van der Waals surface area (Å²) >= 11 is 8.49. The number of aliphatic hydroxyl groups excluding tert-OH is 1. The number of alkyl halides is 1. The lowest BCUT2D eigenvalue weighted by atomic mass is 9.89. The zero-order valence-electron chi connectivity index (χ0n) is 46.4. The van der Waals surface area contributed by atoms with Gasteiger partial charge in [-0.1, -0.05) is 87.5 Å². The minimum Gasteiger partial charge on any atom is -0.508 e. The lowest BCUT2D eigenvalue weighted by Crippen LogP contribution is -2.55. The minimum absolute atomic E-state index is 0.00236. The average molecular weight is 1170 g/mol. The van der Waals surface area contributed by atoms with Crippen LogP contribution in [0.15, 0.2) is 95.2 Å². The summed E-state index contributed by atoms with van der Waals surface area (Å²) in [5, 5.41) is 36.7. The smallest absolute Gasteiger partial charge is 0.319 e. The highest BCUT2D eigenvalue weighted by Gasteiger charge is 2.44. The van der Waals surface area contributed by atoms with Gasteiger partial charge in [0.05, 0.1) is 51.8 Å². The number of hydrogen-bond acceptors (Lipinski definition) is 16. The van der Waals surface area contributed by atoms with E-state index in [1.807, 2.05) is 62.4 Å². The van der Waals surface area contributed by atoms with Crippen LogP contribution in [0.4, 0.5) is 19.0 Å². The van der Waals surface area contributed by atoms with Crippen molar-refractivity contribution in [2.45, 2.75) is 95.5 Å². The van der Waals surface area contributed by atoms with Crippen molar-refractivity contribution in [2.24, 2.45) is 5.92 Å². The summed E-state index contributed by atoms with van der Waals surface area (Å²) in [6.07, 6.45) is -0.534. The highest BCUT2D eigenvalue weighted by atomic mass is 35.5. The van der Waals surface area contributed by atoms with E-state index in [-0.39, 0.29) is 146 Å². The fourth-order valence-corrected chi connectivity index (χ4v) is 12.7. The number of aliphatic hydroxyl groups is 1. The molecule has 0 radical (unpaired) electrons. The molecule has 3 aromatic heterocycles. The molecule has 434 valence electrons. The number of phenolic OH excluding ortho intramolecular Hbond substituents is 1. The third kappa shape index (κ3) is 12.5. The molecule has 3 saturated heterocycles. The molecule has 2 amide bonds. The van der Waals surface area contributed by atoms with Crippen LogP contribution in [0, 0.1) is 30.0 Å². The molecule has 3 aliphatic rings.